The number of nitrogens with one attached hydrogen (secondary N) is 1. The predicted octanol–water partition coefficient (Wildman–Crippen LogP) is 4.83. The maximum atomic E-state index is 13.4. The molecule has 0 spiro atoms. The fourth-order valence-corrected chi connectivity index (χ4v) is 4.61. The maximum Gasteiger partial charge on any atom is 0.264 e. The number of hydrazone groups is 1. The summed E-state index contributed by atoms with van der Waals surface area (Å²) in [5.41, 5.74) is 5.52. The van der Waals surface area contributed by atoms with E-state index in [2.05, 4.69) is 17.5 Å². The number of aryl methyl sites for hydroxylation is 2. The van der Waals surface area contributed by atoms with Crippen LogP contribution in [-0.4, -0.2) is 33.7 Å². The Morgan fingerprint density at radius 2 is 1.54 bits per heavy atom. The Kier molecular flexibility index (Phi) is 9.03. The van der Waals surface area contributed by atoms with Gasteiger partial charge in [0.05, 0.1) is 23.4 Å². The van der Waals surface area contributed by atoms with E-state index in [0.717, 1.165) is 39.6 Å². The molecule has 0 unspecified atom stereocenters. The molecule has 184 valence electrons. The lowest BCUT2D eigenvalue weighted by molar-refractivity contribution is -0.119. The average molecular weight is 494 g/mol. The number of nitrogens with zero attached hydrogens (tertiary/aromatic N) is 2. The SMILES string of the molecule is CCCCOc1ccc(/C=N\NC(=O)CN(c2ccc(C)cc2)S(=O)(=O)c2ccc(C)cc2)cc1. The third kappa shape index (κ3) is 7.42. The van der Waals surface area contributed by atoms with Gasteiger partial charge in [-0.2, -0.15) is 5.10 Å². The fraction of sp³-hybridized carbons (Fsp3) is 0.259. The Morgan fingerprint density at radius 1 is 0.943 bits per heavy atom. The van der Waals surface area contributed by atoms with Gasteiger partial charge < -0.3 is 4.74 Å². The van der Waals surface area contributed by atoms with Crippen molar-refractivity contribution < 1.29 is 17.9 Å². The molecule has 0 bridgehead atoms. The minimum absolute atomic E-state index is 0.112. The van der Waals surface area contributed by atoms with Gasteiger partial charge >= 0.3 is 0 Å². The predicted molar refractivity (Wildman–Crippen MR) is 139 cm³/mol. The molecular weight excluding hydrogens is 462 g/mol. The highest BCUT2D eigenvalue weighted by atomic mass is 32.2. The summed E-state index contributed by atoms with van der Waals surface area (Å²) in [6, 6.07) is 20.8. The first-order valence-electron chi connectivity index (χ1n) is 11.5. The van der Waals surface area contributed by atoms with Crippen molar-refractivity contribution in [2.45, 2.75) is 38.5 Å². The first kappa shape index (κ1) is 26.0. The topological polar surface area (TPSA) is 88.1 Å². The van der Waals surface area contributed by atoms with Crippen molar-refractivity contribution in [3.05, 3.63) is 89.5 Å². The molecule has 1 amide bonds. The van der Waals surface area contributed by atoms with Crippen LogP contribution in [0.1, 0.15) is 36.5 Å². The van der Waals surface area contributed by atoms with E-state index in [9.17, 15) is 13.2 Å². The van der Waals surface area contributed by atoms with E-state index in [1.54, 1.807) is 36.4 Å². The van der Waals surface area contributed by atoms with Crippen molar-refractivity contribution in [1.82, 2.24) is 5.43 Å². The van der Waals surface area contributed by atoms with Gasteiger partial charge in [-0.05, 0) is 74.4 Å². The van der Waals surface area contributed by atoms with Crippen molar-refractivity contribution in [3.8, 4) is 5.75 Å². The summed E-state index contributed by atoms with van der Waals surface area (Å²) in [7, 11) is -3.96. The van der Waals surface area contributed by atoms with E-state index in [4.69, 9.17) is 4.74 Å². The van der Waals surface area contributed by atoms with Gasteiger partial charge in [-0.1, -0.05) is 48.7 Å². The largest absolute Gasteiger partial charge is 0.494 e. The number of ether oxygens (including phenoxy) is 1. The molecule has 3 aromatic carbocycles. The zero-order valence-electron chi connectivity index (χ0n) is 20.3. The van der Waals surface area contributed by atoms with Gasteiger partial charge in [0, 0.05) is 0 Å². The van der Waals surface area contributed by atoms with E-state index in [0.29, 0.717) is 12.3 Å². The number of carbonyl (C=O) groups excluding carboxylic acids is 1. The number of unbranched alkanes of at least 4 members (excludes halogenated alkanes) is 1. The molecule has 0 saturated heterocycles. The number of amides is 1. The molecule has 1 N–H and O–H groups in total. The van der Waals surface area contributed by atoms with Crippen LogP contribution in [0.15, 0.2) is 82.8 Å². The summed E-state index contributed by atoms with van der Waals surface area (Å²) in [6.45, 7) is 6.15. The molecule has 8 heteroatoms. The van der Waals surface area contributed by atoms with Crippen molar-refractivity contribution in [2.75, 3.05) is 17.5 Å². The molecule has 0 aliphatic carbocycles. The molecule has 0 radical (unpaired) electrons. The Balaban J connectivity index is 1.71. The lowest BCUT2D eigenvalue weighted by atomic mass is 10.2. The van der Waals surface area contributed by atoms with Gasteiger partial charge in [-0.25, -0.2) is 13.8 Å². The standard InChI is InChI=1S/C27H31N3O4S/c1-4-5-18-34-25-14-10-23(11-15-25)19-28-29-27(31)20-30(24-12-6-21(2)7-13-24)35(32,33)26-16-8-22(3)9-17-26/h6-17,19H,4-5,18,20H2,1-3H3,(H,29,31)/b28-19-. The van der Waals surface area contributed by atoms with Crippen molar-refractivity contribution >= 4 is 27.8 Å². The highest BCUT2D eigenvalue weighted by molar-refractivity contribution is 7.92. The molecule has 7 nitrogen and oxygen atoms in total. The van der Waals surface area contributed by atoms with Crippen LogP contribution in [0.4, 0.5) is 5.69 Å². The summed E-state index contributed by atoms with van der Waals surface area (Å²) >= 11 is 0. The molecule has 3 aromatic rings. The van der Waals surface area contributed by atoms with Crippen LogP contribution in [0.2, 0.25) is 0 Å². The Labute approximate surface area is 207 Å². The van der Waals surface area contributed by atoms with E-state index < -0.39 is 22.5 Å². The Morgan fingerprint density at radius 3 is 2.14 bits per heavy atom. The molecule has 3 rings (SSSR count). The van der Waals surface area contributed by atoms with E-state index in [-0.39, 0.29) is 4.90 Å². The maximum absolute atomic E-state index is 13.4. The zero-order chi connectivity index (χ0) is 25.3. The third-order valence-electron chi connectivity index (χ3n) is 5.27. The van der Waals surface area contributed by atoms with E-state index >= 15 is 0 Å². The van der Waals surface area contributed by atoms with Crippen LogP contribution in [0.3, 0.4) is 0 Å². The number of carbonyl (C=O) groups is 1. The van der Waals surface area contributed by atoms with Crippen molar-refractivity contribution in [2.24, 2.45) is 5.10 Å². The van der Waals surface area contributed by atoms with Crippen LogP contribution in [0.25, 0.3) is 0 Å². The first-order chi connectivity index (χ1) is 16.8. The number of anilines is 1. The van der Waals surface area contributed by atoms with Crippen molar-refractivity contribution in [3.63, 3.8) is 0 Å². The summed E-state index contributed by atoms with van der Waals surface area (Å²) in [4.78, 5) is 12.8. The number of hydrogen-bond donors (Lipinski definition) is 1. The van der Waals surface area contributed by atoms with Gasteiger partial charge in [0.15, 0.2) is 0 Å². The number of rotatable bonds is 11. The van der Waals surface area contributed by atoms with Gasteiger partial charge in [-0.15, -0.1) is 0 Å². The Bertz CT molecular complexity index is 1240. The molecule has 0 aromatic heterocycles. The molecule has 0 atom stereocenters. The molecule has 0 heterocycles. The lowest BCUT2D eigenvalue weighted by Crippen LogP contribution is -2.39. The zero-order valence-corrected chi connectivity index (χ0v) is 21.1. The second kappa shape index (κ2) is 12.2. The average Bonchev–Trinajstić information content (AvgIpc) is 2.84. The quantitative estimate of drug-likeness (QED) is 0.235. The van der Waals surface area contributed by atoms with Gasteiger partial charge in [0.1, 0.15) is 12.3 Å². The molecular formula is C27H31N3O4S. The van der Waals surface area contributed by atoms with Gasteiger partial charge in [0.25, 0.3) is 15.9 Å². The fourth-order valence-electron chi connectivity index (χ4n) is 3.19. The smallest absolute Gasteiger partial charge is 0.264 e. The highest BCUT2D eigenvalue weighted by Crippen LogP contribution is 2.24. The van der Waals surface area contributed by atoms with E-state index in [1.165, 1.54) is 18.3 Å². The number of hydrogen-bond acceptors (Lipinski definition) is 5. The lowest BCUT2D eigenvalue weighted by Gasteiger charge is -2.24. The van der Waals surface area contributed by atoms with Crippen LogP contribution in [-0.2, 0) is 14.8 Å². The van der Waals surface area contributed by atoms with Gasteiger partial charge in [0.2, 0.25) is 0 Å². The third-order valence-corrected chi connectivity index (χ3v) is 7.06. The molecule has 35 heavy (non-hydrogen) atoms. The minimum Gasteiger partial charge on any atom is -0.494 e. The Hall–Kier alpha value is -3.65. The highest BCUT2D eigenvalue weighted by Gasteiger charge is 2.27. The molecule has 0 fully saturated rings. The number of sulfonamides is 1. The van der Waals surface area contributed by atoms with Crippen LogP contribution >= 0.6 is 0 Å². The van der Waals surface area contributed by atoms with Crippen LogP contribution < -0.4 is 14.5 Å². The monoisotopic (exact) mass is 493 g/mol. The molecule has 0 aliphatic rings. The summed E-state index contributed by atoms with van der Waals surface area (Å²) in [6.07, 6.45) is 3.56. The minimum atomic E-state index is -3.96. The normalized spacial score (nSPS) is 11.4. The summed E-state index contributed by atoms with van der Waals surface area (Å²) < 4.78 is 33.5. The summed E-state index contributed by atoms with van der Waals surface area (Å²) in [5.74, 6) is 0.215. The van der Waals surface area contributed by atoms with Crippen LogP contribution in [0.5, 0.6) is 5.75 Å². The van der Waals surface area contributed by atoms with Crippen LogP contribution in [0, 0.1) is 13.8 Å². The van der Waals surface area contributed by atoms with E-state index in [1.807, 2.05) is 38.1 Å². The van der Waals surface area contributed by atoms with Gasteiger partial charge in [-0.3, -0.25) is 9.10 Å². The summed E-state index contributed by atoms with van der Waals surface area (Å²) in [5, 5.41) is 3.99. The van der Waals surface area contributed by atoms with Crippen molar-refractivity contribution in [1.29, 1.82) is 0 Å². The molecule has 0 saturated carbocycles. The number of benzene rings is 3. The molecule has 0 aliphatic heterocycles. The second-order valence-electron chi connectivity index (χ2n) is 8.22. The first-order valence-corrected chi connectivity index (χ1v) is 12.9. The second-order valence-corrected chi connectivity index (χ2v) is 10.1.